The lowest BCUT2D eigenvalue weighted by atomic mass is 9.88. The predicted octanol–water partition coefficient (Wildman–Crippen LogP) is 6.82. The van der Waals surface area contributed by atoms with E-state index in [1.54, 1.807) is 6.07 Å². The van der Waals surface area contributed by atoms with Gasteiger partial charge in [0.2, 0.25) is 10.0 Å². The highest BCUT2D eigenvalue weighted by Gasteiger charge is 2.28. The summed E-state index contributed by atoms with van der Waals surface area (Å²) >= 11 is 0. The zero-order chi connectivity index (χ0) is 31.6. The molecule has 0 saturated carbocycles. The molecule has 0 amide bonds. The minimum atomic E-state index is -3.21. The van der Waals surface area contributed by atoms with Crippen LogP contribution in [-0.4, -0.2) is 57.9 Å². The van der Waals surface area contributed by atoms with Gasteiger partial charge < -0.3 is 14.2 Å². The first-order valence-corrected chi connectivity index (χ1v) is 16.8. The molecule has 0 fully saturated rings. The molecule has 7 nitrogen and oxygen atoms in total. The van der Waals surface area contributed by atoms with Crippen molar-refractivity contribution in [2.45, 2.75) is 58.0 Å². The molecule has 2 aliphatic heterocycles. The highest BCUT2D eigenvalue weighted by molar-refractivity contribution is 7.88. The fourth-order valence-electron chi connectivity index (χ4n) is 6.33. The molecule has 0 aromatic heterocycles. The first kappa shape index (κ1) is 31.7. The van der Waals surface area contributed by atoms with Crippen LogP contribution < -0.4 is 9.47 Å². The molecule has 2 aromatic carbocycles. The maximum Gasteiger partial charge on any atom is 0.306 e. The Hall–Kier alpha value is -3.69. The quantitative estimate of drug-likeness (QED) is 0.316. The van der Waals surface area contributed by atoms with E-state index in [0.717, 1.165) is 51.8 Å². The second-order valence-corrected chi connectivity index (χ2v) is 13.8. The normalized spacial score (nSPS) is 23.5. The number of halogens is 1. The third-order valence-electron chi connectivity index (χ3n) is 8.69. The Morgan fingerprint density at radius 3 is 2.52 bits per heavy atom. The van der Waals surface area contributed by atoms with Crippen molar-refractivity contribution in [2.24, 2.45) is 0 Å². The van der Waals surface area contributed by atoms with Crippen LogP contribution in [0.5, 0.6) is 11.5 Å². The second kappa shape index (κ2) is 13.1. The molecule has 2 heterocycles. The predicted molar refractivity (Wildman–Crippen MR) is 171 cm³/mol. The summed E-state index contributed by atoms with van der Waals surface area (Å²) in [5, 5.41) is 0. The maximum absolute atomic E-state index is 15.4. The zero-order valence-electron chi connectivity index (χ0n) is 25.8. The van der Waals surface area contributed by atoms with Crippen LogP contribution in [0.3, 0.4) is 0 Å². The van der Waals surface area contributed by atoms with Crippen LogP contribution in [0, 0.1) is 13.8 Å². The van der Waals surface area contributed by atoms with E-state index < -0.39 is 22.0 Å². The molecule has 234 valence electrons. The van der Waals surface area contributed by atoms with Gasteiger partial charge in [-0.25, -0.2) is 12.8 Å². The van der Waals surface area contributed by atoms with Gasteiger partial charge in [0, 0.05) is 36.2 Å². The van der Waals surface area contributed by atoms with Crippen LogP contribution in [0.4, 0.5) is 4.39 Å². The summed E-state index contributed by atoms with van der Waals surface area (Å²) in [5.41, 5.74) is 7.82. The first-order valence-electron chi connectivity index (χ1n) is 15.0. The van der Waals surface area contributed by atoms with E-state index in [-0.39, 0.29) is 18.3 Å². The Morgan fingerprint density at radius 1 is 1.11 bits per heavy atom. The minimum absolute atomic E-state index is 0.0677. The van der Waals surface area contributed by atoms with Crippen LogP contribution in [0.2, 0.25) is 0 Å². The molecule has 0 saturated heterocycles. The third-order valence-corrected chi connectivity index (χ3v) is 9.96. The van der Waals surface area contributed by atoms with E-state index in [2.05, 4.69) is 32.6 Å². The van der Waals surface area contributed by atoms with Crippen LogP contribution >= 0.6 is 0 Å². The fraction of sp³-hybridized carbons (Fsp3) is 0.400. The number of sulfonamides is 1. The molecule has 0 N–H and O–H groups in total. The van der Waals surface area contributed by atoms with Crippen LogP contribution in [0.25, 0.3) is 11.1 Å². The summed E-state index contributed by atoms with van der Waals surface area (Å²) in [6.07, 6.45) is 9.04. The Labute approximate surface area is 259 Å². The van der Waals surface area contributed by atoms with Gasteiger partial charge >= 0.3 is 5.97 Å². The number of hydrogen-bond donors (Lipinski definition) is 0. The number of carbonyl (C=O) groups is 1. The number of carbonyl (C=O) groups excluding carboxylic acids is 1. The van der Waals surface area contributed by atoms with Crippen molar-refractivity contribution in [1.82, 2.24) is 4.31 Å². The number of ether oxygens (including phenoxy) is 3. The van der Waals surface area contributed by atoms with Gasteiger partial charge in [-0.05, 0) is 85.1 Å². The van der Waals surface area contributed by atoms with Crippen molar-refractivity contribution in [3.63, 3.8) is 0 Å². The molecule has 0 unspecified atom stereocenters. The minimum Gasteiger partial charge on any atom is -0.492 e. The topological polar surface area (TPSA) is 82.1 Å². The maximum atomic E-state index is 15.4. The average molecular weight is 622 g/mol. The Balaban J connectivity index is 1.29. The molecule has 2 aromatic rings. The van der Waals surface area contributed by atoms with E-state index in [0.29, 0.717) is 49.6 Å². The van der Waals surface area contributed by atoms with Gasteiger partial charge in [0.1, 0.15) is 23.4 Å². The molecular weight excluding hydrogens is 581 g/mol. The van der Waals surface area contributed by atoms with Gasteiger partial charge in [0.05, 0.1) is 26.4 Å². The second-order valence-electron chi connectivity index (χ2n) is 11.8. The van der Waals surface area contributed by atoms with Crippen molar-refractivity contribution < 1.29 is 31.8 Å². The molecule has 1 aliphatic carbocycles. The van der Waals surface area contributed by atoms with E-state index in [1.807, 2.05) is 24.3 Å². The van der Waals surface area contributed by atoms with Crippen molar-refractivity contribution in [2.75, 3.05) is 33.1 Å². The molecule has 44 heavy (non-hydrogen) atoms. The highest BCUT2D eigenvalue weighted by Crippen LogP contribution is 2.40. The smallest absolute Gasteiger partial charge is 0.306 e. The number of rotatable bonds is 7. The molecule has 2 atom stereocenters. The van der Waals surface area contributed by atoms with E-state index in [9.17, 15) is 13.2 Å². The number of allylic oxidation sites excluding steroid dienone is 3. The fourth-order valence-corrected chi connectivity index (χ4v) is 7.09. The molecule has 0 radical (unpaired) electrons. The summed E-state index contributed by atoms with van der Waals surface area (Å²) < 4.78 is 57.6. The number of benzene rings is 2. The molecule has 9 heteroatoms. The number of esters is 1. The summed E-state index contributed by atoms with van der Waals surface area (Å²) in [4.78, 5) is 11.8. The van der Waals surface area contributed by atoms with Crippen LogP contribution in [-0.2, 0) is 19.6 Å². The van der Waals surface area contributed by atoms with Crippen molar-refractivity contribution in [3.05, 3.63) is 94.4 Å². The molecule has 5 rings (SSSR count). The number of nitrogens with zero attached hydrogens (tertiary/aromatic N) is 1. The van der Waals surface area contributed by atoms with E-state index in [1.165, 1.54) is 23.7 Å². The molecule has 0 spiro atoms. The Morgan fingerprint density at radius 2 is 1.86 bits per heavy atom. The largest absolute Gasteiger partial charge is 0.492 e. The summed E-state index contributed by atoms with van der Waals surface area (Å²) in [5.74, 6) is 0.459. The monoisotopic (exact) mass is 621 g/mol. The van der Waals surface area contributed by atoms with Crippen LogP contribution in [0.15, 0.2) is 66.5 Å². The average Bonchev–Trinajstić information content (AvgIpc) is 3.40. The van der Waals surface area contributed by atoms with Gasteiger partial charge in [0.15, 0.2) is 0 Å². The summed E-state index contributed by atoms with van der Waals surface area (Å²) in [6.45, 7) is 9.43. The lowest BCUT2D eigenvalue weighted by molar-refractivity contribution is -0.141. The van der Waals surface area contributed by atoms with Gasteiger partial charge in [-0.15, -0.1) is 0 Å². The molecule has 0 bridgehead atoms. The lowest BCUT2D eigenvalue weighted by Gasteiger charge is -2.25. The number of aryl methyl sites for hydroxylation is 2. The molecular formula is C35H40FNO6S. The number of fused-ring (bicyclic) bond motifs is 1. The highest BCUT2D eigenvalue weighted by atomic mass is 32.2. The van der Waals surface area contributed by atoms with Gasteiger partial charge in [-0.1, -0.05) is 36.9 Å². The van der Waals surface area contributed by atoms with Crippen molar-refractivity contribution in [1.29, 1.82) is 0 Å². The van der Waals surface area contributed by atoms with Crippen molar-refractivity contribution in [3.8, 4) is 11.5 Å². The van der Waals surface area contributed by atoms with E-state index in [4.69, 9.17) is 14.2 Å². The van der Waals surface area contributed by atoms with Gasteiger partial charge in [0.25, 0.3) is 0 Å². The number of hydrogen-bond acceptors (Lipinski definition) is 6. The van der Waals surface area contributed by atoms with Gasteiger partial charge in [-0.3, -0.25) is 4.79 Å². The Kier molecular flexibility index (Phi) is 9.46. The lowest BCUT2D eigenvalue weighted by Crippen LogP contribution is -2.33. The Bertz CT molecular complexity index is 1650. The molecule has 3 aliphatic rings. The zero-order valence-corrected chi connectivity index (χ0v) is 26.6. The first-order chi connectivity index (χ1) is 20.9. The third kappa shape index (κ3) is 7.00. The standard InChI is InChI=1S/C35H40FNO6S/c1-22-17-27(25-13-15-37(16-14-25)44(5,39)40)18-23(2)35(22)26-7-6-8-32(24(3)31(36)12-9-26)43-29-10-11-30-28(19-34(38)41-4)21-42-33(30)20-29/h9-13,17-18,20,28,32H,3,6-8,14-16,19,21H2,1-2,4-5H3/b26-9+,31-12+/t28-,32-/m1/s1. The van der Waals surface area contributed by atoms with E-state index >= 15 is 4.39 Å². The van der Waals surface area contributed by atoms with Crippen molar-refractivity contribution >= 4 is 27.1 Å². The van der Waals surface area contributed by atoms with Gasteiger partial charge in [-0.2, -0.15) is 4.31 Å². The summed E-state index contributed by atoms with van der Waals surface area (Å²) in [6, 6.07) is 9.82. The number of methoxy groups -OCH3 is 1. The SMILES string of the molecule is C=C1/C(F)=C\C=C(\c2c(C)cc(C3=CCN(S(C)(=O)=O)CC3)cc2C)CCC[C@H]1Oc1ccc2c(c1)OC[C@H]2CC(=O)OC. The summed E-state index contributed by atoms with van der Waals surface area (Å²) in [7, 11) is -1.83. The van der Waals surface area contributed by atoms with Crippen LogP contribution in [0.1, 0.15) is 65.8 Å².